The number of hydrogen-bond acceptors (Lipinski definition) is 8. The molecule has 31 heavy (non-hydrogen) atoms. The van der Waals surface area contributed by atoms with Crippen molar-refractivity contribution in [2.45, 2.75) is 19.8 Å². The van der Waals surface area contributed by atoms with Gasteiger partial charge in [0.1, 0.15) is 12.1 Å². The molecule has 0 N–H and O–H groups in total. The van der Waals surface area contributed by atoms with Crippen LogP contribution in [0.3, 0.4) is 0 Å². The lowest BCUT2D eigenvalue weighted by atomic mass is 10.1. The van der Waals surface area contributed by atoms with Crippen LogP contribution < -0.4 is 4.90 Å². The van der Waals surface area contributed by atoms with E-state index in [0.29, 0.717) is 11.7 Å². The number of benzene rings is 1. The van der Waals surface area contributed by atoms with Crippen molar-refractivity contribution in [2.75, 3.05) is 37.6 Å². The van der Waals surface area contributed by atoms with Gasteiger partial charge in [0.25, 0.3) is 0 Å². The van der Waals surface area contributed by atoms with Crippen molar-refractivity contribution >= 4 is 16.9 Å². The van der Waals surface area contributed by atoms with Crippen LogP contribution in [0.25, 0.3) is 22.4 Å². The minimum atomic E-state index is 0.662. The van der Waals surface area contributed by atoms with Crippen LogP contribution in [0.2, 0.25) is 0 Å². The molecule has 0 amide bonds. The van der Waals surface area contributed by atoms with Crippen LogP contribution in [0.5, 0.6) is 0 Å². The predicted octanol–water partition coefficient (Wildman–Crippen LogP) is 2.48. The van der Waals surface area contributed by atoms with E-state index >= 15 is 0 Å². The molecule has 1 aromatic carbocycles. The van der Waals surface area contributed by atoms with Crippen molar-refractivity contribution in [1.82, 2.24) is 34.8 Å². The normalized spacial score (nSPS) is 15.1. The zero-order valence-electron chi connectivity index (χ0n) is 17.9. The van der Waals surface area contributed by atoms with Gasteiger partial charge in [-0.25, -0.2) is 9.97 Å². The molecule has 4 aromatic rings. The van der Waals surface area contributed by atoms with Gasteiger partial charge < -0.3 is 9.42 Å². The number of piperazine rings is 1. The lowest BCUT2D eigenvalue weighted by molar-refractivity contribution is 0.250. The Bertz CT molecular complexity index is 1160. The first-order chi connectivity index (χ1) is 15.2. The molecule has 4 heterocycles. The SMILES string of the molecule is Cc1ccc(-c2noc(CCCN3CCN(c4ncnc5c4cnn5C)CC3)n2)cc1. The fourth-order valence-electron chi connectivity index (χ4n) is 4.02. The topological polar surface area (TPSA) is 89.0 Å². The van der Waals surface area contributed by atoms with Gasteiger partial charge in [-0.05, 0) is 19.9 Å². The van der Waals surface area contributed by atoms with E-state index in [1.54, 1.807) is 11.0 Å². The van der Waals surface area contributed by atoms with E-state index in [2.05, 4.69) is 54.1 Å². The first-order valence-corrected chi connectivity index (χ1v) is 10.7. The average Bonchev–Trinajstić information content (AvgIpc) is 3.42. The van der Waals surface area contributed by atoms with Crippen molar-refractivity contribution in [3.05, 3.63) is 48.2 Å². The predicted molar refractivity (Wildman–Crippen MR) is 118 cm³/mol. The van der Waals surface area contributed by atoms with E-state index < -0.39 is 0 Å². The Morgan fingerprint density at radius 3 is 2.65 bits per heavy atom. The first-order valence-electron chi connectivity index (χ1n) is 10.7. The van der Waals surface area contributed by atoms with E-state index in [0.717, 1.165) is 68.0 Å². The number of hydrogen-bond donors (Lipinski definition) is 0. The highest BCUT2D eigenvalue weighted by atomic mass is 16.5. The fraction of sp³-hybridized carbons (Fsp3) is 0.409. The Morgan fingerprint density at radius 1 is 1.03 bits per heavy atom. The monoisotopic (exact) mass is 418 g/mol. The van der Waals surface area contributed by atoms with Crippen molar-refractivity contribution in [3.63, 3.8) is 0 Å². The highest BCUT2D eigenvalue weighted by Crippen LogP contribution is 2.23. The summed E-state index contributed by atoms with van der Waals surface area (Å²) in [7, 11) is 1.91. The molecule has 3 aromatic heterocycles. The van der Waals surface area contributed by atoms with Gasteiger partial charge in [0, 0.05) is 45.2 Å². The van der Waals surface area contributed by atoms with Crippen LogP contribution in [0, 0.1) is 6.92 Å². The number of aromatic nitrogens is 6. The molecule has 0 aliphatic carbocycles. The highest BCUT2D eigenvalue weighted by molar-refractivity contribution is 5.86. The Labute approximate surface area is 180 Å². The maximum absolute atomic E-state index is 5.45. The zero-order valence-corrected chi connectivity index (χ0v) is 17.9. The van der Waals surface area contributed by atoms with E-state index in [1.807, 2.05) is 25.4 Å². The van der Waals surface area contributed by atoms with Crippen LogP contribution in [-0.4, -0.2) is 67.5 Å². The van der Waals surface area contributed by atoms with Crippen LogP contribution >= 0.6 is 0 Å². The van der Waals surface area contributed by atoms with E-state index in [4.69, 9.17) is 4.52 Å². The molecule has 9 nitrogen and oxygen atoms in total. The standard InChI is InChI=1S/C22H26N8O/c1-16-5-7-17(8-6-16)20-26-19(31-27-20)4-3-9-29-10-12-30(13-11-29)22-18-14-25-28(2)21(18)23-15-24-22/h5-8,14-15H,3-4,9-13H2,1-2H3. The highest BCUT2D eigenvalue weighted by Gasteiger charge is 2.21. The minimum absolute atomic E-state index is 0.662. The fourth-order valence-corrected chi connectivity index (χ4v) is 4.02. The second-order valence-electron chi connectivity index (χ2n) is 8.01. The number of aryl methyl sites for hydroxylation is 3. The van der Waals surface area contributed by atoms with Crippen molar-refractivity contribution in [3.8, 4) is 11.4 Å². The Morgan fingerprint density at radius 2 is 1.84 bits per heavy atom. The van der Waals surface area contributed by atoms with Gasteiger partial charge in [0.15, 0.2) is 5.65 Å². The van der Waals surface area contributed by atoms with Gasteiger partial charge in [-0.1, -0.05) is 35.0 Å². The van der Waals surface area contributed by atoms with E-state index in [9.17, 15) is 0 Å². The number of anilines is 1. The molecule has 1 saturated heterocycles. The third-order valence-corrected chi connectivity index (χ3v) is 5.82. The number of nitrogens with zero attached hydrogens (tertiary/aromatic N) is 8. The lowest BCUT2D eigenvalue weighted by Crippen LogP contribution is -2.47. The Kier molecular flexibility index (Phi) is 5.33. The maximum atomic E-state index is 5.45. The molecule has 0 unspecified atom stereocenters. The van der Waals surface area contributed by atoms with Crippen LogP contribution in [0.15, 0.2) is 41.3 Å². The van der Waals surface area contributed by atoms with Gasteiger partial charge in [-0.3, -0.25) is 9.58 Å². The molecule has 1 aliphatic rings. The molecule has 1 fully saturated rings. The molecular weight excluding hydrogens is 392 g/mol. The molecule has 0 bridgehead atoms. The summed E-state index contributed by atoms with van der Waals surface area (Å²) in [5.74, 6) is 2.34. The summed E-state index contributed by atoms with van der Waals surface area (Å²) in [6.07, 6.45) is 5.27. The van der Waals surface area contributed by atoms with Crippen molar-refractivity contribution in [1.29, 1.82) is 0 Å². The van der Waals surface area contributed by atoms with E-state index in [-0.39, 0.29) is 0 Å². The summed E-state index contributed by atoms with van der Waals surface area (Å²) in [5.41, 5.74) is 3.08. The average molecular weight is 419 g/mol. The second kappa shape index (κ2) is 8.43. The smallest absolute Gasteiger partial charge is 0.227 e. The second-order valence-corrected chi connectivity index (χ2v) is 8.01. The summed E-state index contributed by atoms with van der Waals surface area (Å²) in [5, 5.41) is 9.46. The third kappa shape index (κ3) is 4.13. The van der Waals surface area contributed by atoms with Gasteiger partial charge in [0.05, 0.1) is 11.6 Å². The van der Waals surface area contributed by atoms with Gasteiger partial charge in [-0.2, -0.15) is 10.1 Å². The molecule has 9 heteroatoms. The maximum Gasteiger partial charge on any atom is 0.227 e. The summed E-state index contributed by atoms with van der Waals surface area (Å²) in [6.45, 7) is 6.98. The third-order valence-electron chi connectivity index (χ3n) is 5.82. The molecule has 5 rings (SSSR count). The molecule has 1 aliphatic heterocycles. The first kappa shape index (κ1) is 19.6. The summed E-state index contributed by atoms with van der Waals surface area (Å²) in [4.78, 5) is 18.2. The van der Waals surface area contributed by atoms with E-state index in [1.165, 1.54) is 5.56 Å². The van der Waals surface area contributed by atoms with Crippen LogP contribution in [-0.2, 0) is 13.5 Å². The van der Waals surface area contributed by atoms with Gasteiger partial charge in [-0.15, -0.1) is 0 Å². The van der Waals surface area contributed by atoms with Crippen LogP contribution in [0.1, 0.15) is 17.9 Å². The molecule has 160 valence electrons. The molecular formula is C22H26N8O. The van der Waals surface area contributed by atoms with Crippen molar-refractivity contribution in [2.24, 2.45) is 7.05 Å². The molecule has 0 radical (unpaired) electrons. The Hall–Kier alpha value is -3.33. The number of rotatable bonds is 6. The Balaban J connectivity index is 1.12. The summed E-state index contributed by atoms with van der Waals surface area (Å²) in [6, 6.07) is 8.18. The molecule has 0 spiro atoms. The van der Waals surface area contributed by atoms with Crippen LogP contribution in [0.4, 0.5) is 5.82 Å². The minimum Gasteiger partial charge on any atom is -0.353 e. The summed E-state index contributed by atoms with van der Waals surface area (Å²) >= 11 is 0. The number of fused-ring (bicyclic) bond motifs is 1. The molecule has 0 atom stereocenters. The van der Waals surface area contributed by atoms with Crippen molar-refractivity contribution < 1.29 is 4.52 Å². The van der Waals surface area contributed by atoms with Gasteiger partial charge >= 0.3 is 0 Å². The quantitative estimate of drug-likeness (QED) is 0.472. The van der Waals surface area contributed by atoms with Gasteiger partial charge in [0.2, 0.25) is 11.7 Å². The summed E-state index contributed by atoms with van der Waals surface area (Å²) < 4.78 is 7.24. The largest absolute Gasteiger partial charge is 0.353 e. The molecule has 0 saturated carbocycles. The lowest BCUT2D eigenvalue weighted by Gasteiger charge is -2.35. The zero-order chi connectivity index (χ0) is 21.2.